The second-order valence-corrected chi connectivity index (χ2v) is 15.3. The molecule has 0 N–H and O–H groups in total. The van der Waals surface area contributed by atoms with Gasteiger partial charge in [0, 0.05) is 19.3 Å². The number of carbonyl (C=O) groups is 3. The molecule has 60 heavy (non-hydrogen) atoms. The van der Waals surface area contributed by atoms with E-state index >= 15 is 0 Å². The van der Waals surface area contributed by atoms with Gasteiger partial charge in [0.05, 0.1) is 40.3 Å². The number of hydrogen-bond donors (Lipinski definition) is 0. The Balaban J connectivity index is 4.49. The van der Waals surface area contributed by atoms with Gasteiger partial charge in [-0.05, 0) is 83.5 Å². The fraction of sp³-hybridized carbons (Fsp3) is 0.519. The SMILES string of the molecule is CC/C=C/C=C/C=C/C=C/CCCCCC(=O)OC(COCCC(C(=O)[O-])[N+](C)(C)C)COC(=O)CCC/C=C/C/C=C/C/C=C/C/C=C/C/C=C/C/C=C/C/C=C/CC. The number of quaternary nitrogens is 1. The molecule has 334 valence electrons. The van der Waals surface area contributed by atoms with E-state index < -0.39 is 18.1 Å². The molecule has 0 rings (SSSR count). The maximum atomic E-state index is 12.7. The van der Waals surface area contributed by atoms with Crippen LogP contribution in [-0.4, -0.2) is 75.5 Å². The molecule has 0 aliphatic rings. The third kappa shape index (κ3) is 39.0. The molecule has 0 saturated carbocycles. The Morgan fingerprint density at radius 1 is 0.517 bits per heavy atom. The summed E-state index contributed by atoms with van der Waals surface area (Å²) in [6, 6.07) is -0.751. The summed E-state index contributed by atoms with van der Waals surface area (Å²) in [6.45, 7) is 4.26. The Morgan fingerprint density at radius 3 is 1.50 bits per heavy atom. The van der Waals surface area contributed by atoms with Gasteiger partial charge in [0.2, 0.25) is 0 Å². The number of likely N-dealkylation sites (N-methyl/N-ethyl adjacent to an activating group) is 1. The molecule has 0 aliphatic carbocycles. The molecule has 0 spiro atoms. The molecule has 0 amide bonds. The largest absolute Gasteiger partial charge is 0.544 e. The summed E-state index contributed by atoms with van der Waals surface area (Å²) in [4.78, 5) is 36.8. The summed E-state index contributed by atoms with van der Waals surface area (Å²) >= 11 is 0. The summed E-state index contributed by atoms with van der Waals surface area (Å²) in [6.07, 6.45) is 59.2. The minimum absolute atomic E-state index is 0.00431. The Labute approximate surface area is 364 Å². The predicted octanol–water partition coefficient (Wildman–Crippen LogP) is 11.1. The van der Waals surface area contributed by atoms with Gasteiger partial charge >= 0.3 is 11.9 Å². The Hall–Kier alpha value is -4.53. The molecule has 0 saturated heterocycles. The fourth-order valence-corrected chi connectivity index (χ4v) is 5.48. The molecular weight excluding hydrogens is 751 g/mol. The van der Waals surface area contributed by atoms with Crippen molar-refractivity contribution in [1.29, 1.82) is 0 Å². The van der Waals surface area contributed by atoms with Crippen molar-refractivity contribution in [2.45, 2.75) is 135 Å². The van der Waals surface area contributed by atoms with Gasteiger partial charge < -0.3 is 28.6 Å². The van der Waals surface area contributed by atoms with Gasteiger partial charge in [0.15, 0.2) is 6.10 Å². The first-order valence-corrected chi connectivity index (χ1v) is 22.3. The van der Waals surface area contributed by atoms with Crippen LogP contribution >= 0.6 is 0 Å². The lowest BCUT2D eigenvalue weighted by atomic mass is 10.1. The molecule has 0 radical (unpaired) electrons. The van der Waals surface area contributed by atoms with Crippen LogP contribution in [0.1, 0.15) is 123 Å². The van der Waals surface area contributed by atoms with Gasteiger partial charge in [-0.15, -0.1) is 0 Å². The lowest BCUT2D eigenvalue weighted by Crippen LogP contribution is -2.55. The molecule has 8 heteroatoms. The highest BCUT2D eigenvalue weighted by Crippen LogP contribution is 2.10. The highest BCUT2D eigenvalue weighted by atomic mass is 16.6. The summed E-state index contributed by atoms with van der Waals surface area (Å²) in [5.41, 5.74) is 0. The van der Waals surface area contributed by atoms with E-state index in [0.29, 0.717) is 12.8 Å². The first-order chi connectivity index (χ1) is 29.1. The van der Waals surface area contributed by atoms with Crippen LogP contribution in [0.5, 0.6) is 0 Å². The van der Waals surface area contributed by atoms with Crippen LogP contribution in [-0.2, 0) is 28.6 Å². The van der Waals surface area contributed by atoms with Crippen LogP contribution in [0.25, 0.3) is 0 Å². The first kappa shape index (κ1) is 55.5. The fourth-order valence-electron chi connectivity index (χ4n) is 5.48. The van der Waals surface area contributed by atoms with Crippen molar-refractivity contribution >= 4 is 17.9 Å². The van der Waals surface area contributed by atoms with Gasteiger partial charge in [-0.25, -0.2) is 0 Å². The Bertz CT molecular complexity index is 1430. The van der Waals surface area contributed by atoms with E-state index in [4.69, 9.17) is 14.2 Å². The van der Waals surface area contributed by atoms with E-state index in [1.165, 1.54) is 0 Å². The lowest BCUT2D eigenvalue weighted by Gasteiger charge is -2.34. The number of allylic oxidation sites excluding steroid dienone is 22. The van der Waals surface area contributed by atoms with Crippen LogP contribution < -0.4 is 5.11 Å². The number of unbranched alkanes of at least 4 members (excludes halogenated alkanes) is 4. The molecule has 2 atom stereocenters. The third-order valence-electron chi connectivity index (χ3n) is 8.88. The Kier molecular flexibility index (Phi) is 38.1. The average molecular weight is 830 g/mol. The standard InChI is InChI=1S/C52H79NO7/c1-6-8-10-12-14-16-18-20-21-22-23-24-25-26-27-28-29-31-32-34-36-38-40-42-50(54)59-47-48(46-58-45-44-49(52(56)57)53(3,4)5)60-51(55)43-41-39-37-35-33-30-19-17-15-13-11-9-7-2/h8-11,13-17,19-21,23-24,26-27,29-31,33-34,36,48-49H,6-7,12,18,22,25,28,32,35,37-47H2,1-5H3/b10-8+,11-9+,15-13+,16-14+,19-17+,21-20+,24-23+,27-26+,31-29+,33-30+,36-34+. The van der Waals surface area contributed by atoms with E-state index in [-0.39, 0.29) is 55.5 Å². The van der Waals surface area contributed by atoms with Crippen molar-refractivity contribution in [3.8, 4) is 0 Å². The van der Waals surface area contributed by atoms with Crippen molar-refractivity contribution in [1.82, 2.24) is 0 Å². The number of rotatable bonds is 37. The highest BCUT2D eigenvalue weighted by Gasteiger charge is 2.25. The molecule has 8 nitrogen and oxygen atoms in total. The predicted molar refractivity (Wildman–Crippen MR) is 249 cm³/mol. The van der Waals surface area contributed by atoms with Gasteiger partial charge in [0.1, 0.15) is 12.6 Å². The smallest absolute Gasteiger partial charge is 0.306 e. The molecule has 0 fully saturated rings. The average Bonchev–Trinajstić information content (AvgIpc) is 3.21. The van der Waals surface area contributed by atoms with Crippen molar-refractivity contribution in [3.05, 3.63) is 134 Å². The van der Waals surface area contributed by atoms with Crippen LogP contribution in [0.4, 0.5) is 0 Å². The number of hydrogen-bond acceptors (Lipinski definition) is 7. The van der Waals surface area contributed by atoms with Crippen LogP contribution in [0.2, 0.25) is 0 Å². The minimum atomic E-state index is -1.15. The van der Waals surface area contributed by atoms with Gasteiger partial charge in [-0.2, -0.15) is 0 Å². The van der Waals surface area contributed by atoms with Gasteiger partial charge in [-0.1, -0.05) is 154 Å². The number of ether oxygens (including phenoxy) is 3. The first-order valence-electron chi connectivity index (χ1n) is 22.3. The maximum Gasteiger partial charge on any atom is 0.306 e. The Morgan fingerprint density at radius 2 is 0.983 bits per heavy atom. The number of aliphatic carboxylic acids is 1. The number of nitrogens with zero attached hydrogens (tertiary/aromatic N) is 1. The molecule has 0 aromatic rings. The number of esters is 2. The zero-order chi connectivity index (χ0) is 44.2. The lowest BCUT2D eigenvalue weighted by molar-refractivity contribution is -0.889. The van der Waals surface area contributed by atoms with Crippen molar-refractivity contribution in [2.24, 2.45) is 0 Å². The van der Waals surface area contributed by atoms with Crippen molar-refractivity contribution < 1.29 is 38.2 Å². The van der Waals surface area contributed by atoms with Crippen molar-refractivity contribution in [3.63, 3.8) is 0 Å². The van der Waals surface area contributed by atoms with E-state index in [9.17, 15) is 19.5 Å². The van der Waals surface area contributed by atoms with Crippen LogP contribution in [0.3, 0.4) is 0 Å². The zero-order valence-electron chi connectivity index (χ0n) is 37.8. The molecule has 0 aromatic carbocycles. The van der Waals surface area contributed by atoms with Crippen LogP contribution in [0.15, 0.2) is 134 Å². The number of carbonyl (C=O) groups excluding carboxylic acids is 3. The maximum absolute atomic E-state index is 12.7. The van der Waals surface area contributed by atoms with Gasteiger partial charge in [0.25, 0.3) is 0 Å². The second-order valence-electron chi connectivity index (χ2n) is 15.3. The number of carboxylic acid groups (broad SMARTS) is 1. The van der Waals surface area contributed by atoms with E-state index in [2.05, 4.69) is 111 Å². The van der Waals surface area contributed by atoms with Crippen molar-refractivity contribution in [2.75, 3.05) is 41.0 Å². The van der Waals surface area contributed by atoms with Crippen LogP contribution in [0, 0.1) is 0 Å². The van der Waals surface area contributed by atoms with Gasteiger partial charge in [-0.3, -0.25) is 9.59 Å². The topological polar surface area (TPSA) is 102 Å². The summed E-state index contributed by atoms with van der Waals surface area (Å²) in [5.74, 6) is -1.89. The molecular formula is C52H79NO7. The second kappa shape index (κ2) is 41.2. The molecule has 2 unspecified atom stereocenters. The highest BCUT2D eigenvalue weighted by molar-refractivity contribution is 5.70. The minimum Gasteiger partial charge on any atom is -0.544 e. The molecule has 0 aliphatic heterocycles. The quantitative estimate of drug-likeness (QED) is 0.0202. The normalized spacial score (nSPS) is 14.2. The summed E-state index contributed by atoms with van der Waals surface area (Å²) in [5, 5.41) is 11.6. The third-order valence-corrected chi connectivity index (χ3v) is 8.88. The van der Waals surface area contributed by atoms with E-state index in [0.717, 1.165) is 77.0 Å². The molecule has 0 aromatic heterocycles. The monoisotopic (exact) mass is 830 g/mol. The number of carboxylic acids is 1. The molecule has 0 bridgehead atoms. The summed E-state index contributed by atoms with van der Waals surface area (Å²) in [7, 11) is 5.35. The van der Waals surface area contributed by atoms with E-state index in [1.807, 2.05) is 36.5 Å². The summed E-state index contributed by atoms with van der Waals surface area (Å²) < 4.78 is 17.0. The zero-order valence-corrected chi connectivity index (χ0v) is 37.8. The van der Waals surface area contributed by atoms with E-state index in [1.54, 1.807) is 21.1 Å². The molecule has 0 heterocycles.